The summed E-state index contributed by atoms with van der Waals surface area (Å²) in [6.45, 7) is 12.5. The molecule has 3 rings (SSSR count). The highest BCUT2D eigenvalue weighted by atomic mass is 16.5. The van der Waals surface area contributed by atoms with E-state index in [1.54, 1.807) is 0 Å². The Balaban J connectivity index is 1.36. The second-order valence-corrected chi connectivity index (χ2v) is 7.40. The van der Waals surface area contributed by atoms with Gasteiger partial charge in [-0.15, -0.1) is 0 Å². The number of rotatable bonds is 6. The Kier molecular flexibility index (Phi) is 6.25. The number of piperazine rings is 1. The van der Waals surface area contributed by atoms with Crippen molar-refractivity contribution in [2.45, 2.75) is 58.6 Å². The van der Waals surface area contributed by atoms with Gasteiger partial charge in [-0.05, 0) is 32.6 Å². The molecule has 0 N–H and O–H groups in total. The van der Waals surface area contributed by atoms with Crippen molar-refractivity contribution in [2.24, 2.45) is 5.92 Å². The van der Waals surface area contributed by atoms with Crippen molar-refractivity contribution in [3.8, 4) is 0 Å². The number of hydrogen-bond acceptors (Lipinski definition) is 6. The monoisotopic (exact) mass is 336 g/mol. The van der Waals surface area contributed by atoms with Crippen LogP contribution in [0.15, 0.2) is 4.52 Å². The fraction of sp³-hybridized carbons (Fsp3) is 0.889. The van der Waals surface area contributed by atoms with Crippen LogP contribution in [0.2, 0.25) is 0 Å². The Hall–Kier alpha value is -0.980. The van der Waals surface area contributed by atoms with Crippen molar-refractivity contribution in [1.29, 1.82) is 0 Å². The van der Waals surface area contributed by atoms with Gasteiger partial charge in [-0.3, -0.25) is 9.80 Å². The van der Waals surface area contributed by atoms with E-state index in [2.05, 4.69) is 33.8 Å². The second kappa shape index (κ2) is 8.41. The molecule has 0 amide bonds. The third-order valence-corrected chi connectivity index (χ3v) is 5.63. The molecule has 0 radical (unpaired) electrons. The summed E-state index contributed by atoms with van der Waals surface area (Å²) in [5.74, 6) is 2.18. The molecule has 0 bridgehead atoms. The molecule has 1 aliphatic carbocycles. The van der Waals surface area contributed by atoms with Crippen LogP contribution in [-0.2, 0) is 4.74 Å². The topological polar surface area (TPSA) is 54.6 Å². The fourth-order valence-electron chi connectivity index (χ4n) is 3.88. The van der Waals surface area contributed by atoms with Crippen molar-refractivity contribution < 1.29 is 9.26 Å². The molecule has 2 aliphatic rings. The van der Waals surface area contributed by atoms with E-state index in [-0.39, 0.29) is 6.04 Å². The molecule has 2 fully saturated rings. The van der Waals surface area contributed by atoms with Gasteiger partial charge in [-0.2, -0.15) is 4.98 Å². The molecular weight excluding hydrogens is 304 g/mol. The zero-order valence-corrected chi connectivity index (χ0v) is 15.4. The lowest BCUT2D eigenvalue weighted by atomic mass is 9.88. The van der Waals surface area contributed by atoms with Crippen LogP contribution in [-0.4, -0.2) is 65.4 Å². The van der Waals surface area contributed by atoms with Gasteiger partial charge in [0.1, 0.15) is 0 Å². The van der Waals surface area contributed by atoms with Crippen LogP contribution in [0.5, 0.6) is 0 Å². The molecule has 0 spiro atoms. The molecule has 1 aromatic rings. The van der Waals surface area contributed by atoms with Crippen molar-refractivity contribution in [3.63, 3.8) is 0 Å². The predicted octanol–water partition coefficient (Wildman–Crippen LogP) is 2.65. The Morgan fingerprint density at radius 2 is 1.96 bits per heavy atom. The molecule has 3 atom stereocenters. The van der Waals surface area contributed by atoms with E-state index in [0.717, 1.165) is 51.1 Å². The molecule has 1 saturated heterocycles. The average Bonchev–Trinajstić information content (AvgIpc) is 3.03. The molecule has 6 nitrogen and oxygen atoms in total. The van der Waals surface area contributed by atoms with Gasteiger partial charge in [-0.25, -0.2) is 0 Å². The van der Waals surface area contributed by atoms with E-state index in [9.17, 15) is 0 Å². The molecule has 0 aromatic carbocycles. The van der Waals surface area contributed by atoms with Gasteiger partial charge in [0.15, 0.2) is 5.82 Å². The summed E-state index contributed by atoms with van der Waals surface area (Å²) >= 11 is 0. The second-order valence-electron chi connectivity index (χ2n) is 7.40. The van der Waals surface area contributed by atoms with Crippen LogP contribution >= 0.6 is 0 Å². The largest absolute Gasteiger partial charge is 0.377 e. The third-order valence-electron chi connectivity index (χ3n) is 5.63. The van der Waals surface area contributed by atoms with E-state index in [1.807, 2.05) is 6.92 Å². The smallest absolute Gasteiger partial charge is 0.243 e. The molecule has 1 aliphatic heterocycles. The van der Waals surface area contributed by atoms with Gasteiger partial charge in [0, 0.05) is 32.7 Å². The van der Waals surface area contributed by atoms with Crippen molar-refractivity contribution in [3.05, 3.63) is 11.7 Å². The van der Waals surface area contributed by atoms with Gasteiger partial charge < -0.3 is 9.26 Å². The minimum atomic E-state index is 0.202. The highest BCUT2D eigenvalue weighted by Crippen LogP contribution is 2.26. The molecule has 6 heteroatoms. The van der Waals surface area contributed by atoms with Crippen LogP contribution in [0.1, 0.15) is 57.3 Å². The van der Waals surface area contributed by atoms with E-state index in [1.165, 1.54) is 25.7 Å². The minimum absolute atomic E-state index is 0.202. The first-order valence-corrected chi connectivity index (χ1v) is 9.51. The molecule has 1 saturated carbocycles. The number of ether oxygens (including phenoxy) is 1. The highest BCUT2D eigenvalue weighted by molar-refractivity contribution is 4.91. The number of hydrogen-bond donors (Lipinski definition) is 0. The Bertz CT molecular complexity index is 499. The normalized spacial score (nSPS) is 28.1. The van der Waals surface area contributed by atoms with E-state index in [4.69, 9.17) is 9.26 Å². The van der Waals surface area contributed by atoms with Gasteiger partial charge in [0.25, 0.3) is 0 Å². The maximum absolute atomic E-state index is 6.16. The molecule has 2 heterocycles. The summed E-state index contributed by atoms with van der Waals surface area (Å²) in [7, 11) is 0. The summed E-state index contributed by atoms with van der Waals surface area (Å²) in [5, 5.41) is 3.90. The molecule has 0 unspecified atom stereocenters. The minimum Gasteiger partial charge on any atom is -0.377 e. The quantitative estimate of drug-likeness (QED) is 0.796. The first-order valence-electron chi connectivity index (χ1n) is 9.51. The van der Waals surface area contributed by atoms with E-state index >= 15 is 0 Å². The number of aromatic nitrogens is 2. The molecule has 1 aromatic heterocycles. The lowest BCUT2D eigenvalue weighted by Crippen LogP contribution is -2.48. The lowest BCUT2D eigenvalue weighted by Gasteiger charge is -2.37. The third kappa shape index (κ3) is 4.55. The van der Waals surface area contributed by atoms with Gasteiger partial charge in [0.05, 0.1) is 18.8 Å². The summed E-state index contributed by atoms with van der Waals surface area (Å²) in [5.41, 5.74) is 0. The van der Waals surface area contributed by atoms with Gasteiger partial charge in [0.2, 0.25) is 5.89 Å². The maximum atomic E-state index is 6.16. The van der Waals surface area contributed by atoms with Crippen molar-refractivity contribution >= 4 is 0 Å². The first-order chi connectivity index (χ1) is 11.6. The summed E-state index contributed by atoms with van der Waals surface area (Å²) in [6.07, 6.45) is 5.77. The summed E-state index contributed by atoms with van der Waals surface area (Å²) in [4.78, 5) is 9.29. The SMILES string of the molecule is Cc1noc([C@H](C)N2CCN(CCO[C@H]3CCCC[C@H]3C)CC2)n1. The summed E-state index contributed by atoms with van der Waals surface area (Å²) in [6, 6.07) is 0.202. The van der Waals surface area contributed by atoms with Crippen molar-refractivity contribution in [2.75, 3.05) is 39.3 Å². The highest BCUT2D eigenvalue weighted by Gasteiger charge is 2.26. The number of aryl methyl sites for hydroxylation is 1. The molecular formula is C18H32N4O2. The van der Waals surface area contributed by atoms with Crippen LogP contribution < -0.4 is 0 Å². The van der Waals surface area contributed by atoms with Gasteiger partial charge in [-0.1, -0.05) is 24.9 Å². The number of nitrogens with zero attached hydrogens (tertiary/aromatic N) is 4. The Labute approximate surface area is 145 Å². The maximum Gasteiger partial charge on any atom is 0.243 e. The zero-order chi connectivity index (χ0) is 16.9. The summed E-state index contributed by atoms with van der Waals surface area (Å²) < 4.78 is 11.5. The van der Waals surface area contributed by atoms with Crippen molar-refractivity contribution in [1.82, 2.24) is 19.9 Å². The van der Waals surface area contributed by atoms with Crippen LogP contribution in [0.4, 0.5) is 0 Å². The predicted molar refractivity (Wildman–Crippen MR) is 92.8 cm³/mol. The van der Waals surface area contributed by atoms with Gasteiger partial charge >= 0.3 is 0 Å². The van der Waals surface area contributed by atoms with Crippen LogP contribution in [0, 0.1) is 12.8 Å². The van der Waals surface area contributed by atoms with E-state index in [0.29, 0.717) is 11.9 Å². The zero-order valence-electron chi connectivity index (χ0n) is 15.4. The molecule has 136 valence electrons. The average molecular weight is 336 g/mol. The molecule has 24 heavy (non-hydrogen) atoms. The Morgan fingerprint density at radius 1 is 1.21 bits per heavy atom. The van der Waals surface area contributed by atoms with E-state index < -0.39 is 0 Å². The Morgan fingerprint density at radius 3 is 2.62 bits per heavy atom. The van der Waals surface area contributed by atoms with Crippen LogP contribution in [0.25, 0.3) is 0 Å². The fourth-order valence-corrected chi connectivity index (χ4v) is 3.88. The lowest BCUT2D eigenvalue weighted by molar-refractivity contribution is -0.0198. The standard InChI is InChI=1S/C18H32N4O2/c1-14-6-4-5-7-17(14)23-13-12-21-8-10-22(11-9-21)15(2)18-19-16(3)20-24-18/h14-15,17H,4-13H2,1-3H3/t14-,15+,17+/m1/s1. The van der Waals surface area contributed by atoms with Crippen LogP contribution in [0.3, 0.4) is 0 Å². The first kappa shape index (κ1) is 17.8.